The van der Waals surface area contributed by atoms with Gasteiger partial charge in [0.05, 0.1) is 42.0 Å². The van der Waals surface area contributed by atoms with Crippen LogP contribution in [0.3, 0.4) is 0 Å². The number of amides is 3. The third-order valence-corrected chi connectivity index (χ3v) is 8.31. The number of carbonyl (C=O) groups excluding carboxylic acids is 3. The minimum Gasteiger partial charge on any atom is -0.495 e. The lowest BCUT2D eigenvalue weighted by atomic mass is 10.1. The molecule has 1 aliphatic heterocycles. The number of rotatable bonds is 8. The lowest BCUT2D eigenvalue weighted by molar-refractivity contribution is -0.137. The molecular weight excluding hydrogens is 801 g/mol. The maximum atomic E-state index is 13.1. The van der Waals surface area contributed by atoms with Gasteiger partial charge in [-0.3, -0.25) is 19.3 Å². The van der Waals surface area contributed by atoms with Gasteiger partial charge >= 0.3 is 6.18 Å². The number of halogens is 5. The van der Waals surface area contributed by atoms with E-state index in [1.165, 1.54) is 13.2 Å². The summed E-state index contributed by atoms with van der Waals surface area (Å²) in [7, 11) is 1.23. The SMILES string of the molecule is COc1ccc(C(F)(F)F)cc1NC(=O)CN1C(=O)S/C(=C\c2cc(I)c(OCc3ccccc3C#N)c(I)c2)C1=O. The number of methoxy groups -OCH3 is 1. The van der Waals surface area contributed by atoms with Crippen molar-refractivity contribution in [3.63, 3.8) is 0 Å². The number of anilines is 1. The summed E-state index contributed by atoms with van der Waals surface area (Å²) >= 11 is 4.81. The quantitative estimate of drug-likeness (QED) is 0.192. The van der Waals surface area contributed by atoms with Crippen molar-refractivity contribution in [1.82, 2.24) is 4.90 Å². The van der Waals surface area contributed by atoms with Gasteiger partial charge < -0.3 is 14.8 Å². The largest absolute Gasteiger partial charge is 0.495 e. The molecule has 8 nitrogen and oxygen atoms in total. The molecule has 1 saturated heterocycles. The molecule has 0 atom stereocenters. The van der Waals surface area contributed by atoms with Crippen LogP contribution in [0.2, 0.25) is 0 Å². The van der Waals surface area contributed by atoms with Crippen molar-refractivity contribution in [3.05, 3.63) is 88.9 Å². The highest BCUT2D eigenvalue weighted by molar-refractivity contribution is 14.1. The first-order valence-electron chi connectivity index (χ1n) is 11.8. The van der Waals surface area contributed by atoms with Crippen molar-refractivity contribution in [2.45, 2.75) is 12.8 Å². The molecular formula is C28H18F3I2N3O5S. The van der Waals surface area contributed by atoms with Crippen LogP contribution in [-0.4, -0.2) is 35.6 Å². The Bertz CT molecular complexity index is 1630. The summed E-state index contributed by atoms with van der Waals surface area (Å²) < 4.78 is 51.8. The summed E-state index contributed by atoms with van der Waals surface area (Å²) in [6, 6.07) is 15.3. The molecule has 3 aromatic carbocycles. The Morgan fingerprint density at radius 3 is 2.45 bits per heavy atom. The van der Waals surface area contributed by atoms with E-state index in [1.54, 1.807) is 30.3 Å². The fourth-order valence-electron chi connectivity index (χ4n) is 3.81. The number of hydrogen-bond acceptors (Lipinski definition) is 7. The number of thioether (sulfide) groups is 1. The molecule has 3 aromatic rings. The molecule has 4 rings (SSSR count). The van der Waals surface area contributed by atoms with Crippen molar-refractivity contribution in [2.75, 3.05) is 19.0 Å². The summed E-state index contributed by atoms with van der Waals surface area (Å²) in [5, 5.41) is 10.9. The molecule has 0 aliphatic carbocycles. The Labute approximate surface area is 269 Å². The fraction of sp³-hybridized carbons (Fsp3) is 0.143. The van der Waals surface area contributed by atoms with Crippen molar-refractivity contribution in [1.29, 1.82) is 5.26 Å². The van der Waals surface area contributed by atoms with Gasteiger partial charge in [-0.2, -0.15) is 18.4 Å². The summed E-state index contributed by atoms with van der Waals surface area (Å²) in [5.41, 5.74) is 0.609. The summed E-state index contributed by atoms with van der Waals surface area (Å²) in [4.78, 5) is 39.0. The van der Waals surface area contributed by atoms with Crippen LogP contribution in [0.15, 0.2) is 59.5 Å². The van der Waals surface area contributed by atoms with Crippen LogP contribution in [-0.2, 0) is 22.4 Å². The Balaban J connectivity index is 1.46. The van der Waals surface area contributed by atoms with Crippen LogP contribution in [0, 0.1) is 18.5 Å². The standard InChI is InChI=1S/C28H18F3I2N3O5S/c1-40-22-7-6-18(28(29,30)31)11-21(22)35-24(37)13-36-26(38)23(42-27(36)39)10-15-8-19(32)25(20(33)9-15)41-14-17-5-3-2-4-16(17)12-34/h2-11H,13-14H2,1H3,(H,35,37)/b23-10-. The number of carbonyl (C=O) groups is 3. The molecule has 0 saturated carbocycles. The highest BCUT2D eigenvalue weighted by atomic mass is 127. The zero-order valence-electron chi connectivity index (χ0n) is 21.4. The average Bonchev–Trinajstić information content (AvgIpc) is 3.19. The molecule has 0 spiro atoms. The van der Waals surface area contributed by atoms with Crippen LogP contribution in [0.5, 0.6) is 11.5 Å². The van der Waals surface area contributed by atoms with Gasteiger partial charge in [0.25, 0.3) is 11.1 Å². The van der Waals surface area contributed by atoms with E-state index in [0.29, 0.717) is 39.6 Å². The fourth-order valence-corrected chi connectivity index (χ4v) is 6.77. The molecule has 1 heterocycles. The molecule has 0 radical (unpaired) electrons. The number of imide groups is 1. The number of alkyl halides is 3. The van der Waals surface area contributed by atoms with Gasteiger partial charge in [0, 0.05) is 5.56 Å². The van der Waals surface area contributed by atoms with E-state index in [9.17, 15) is 32.8 Å². The van der Waals surface area contributed by atoms with Crippen molar-refractivity contribution < 1.29 is 37.0 Å². The van der Waals surface area contributed by atoms with E-state index in [-0.39, 0.29) is 22.9 Å². The number of nitrogens with one attached hydrogen (secondary N) is 1. The van der Waals surface area contributed by atoms with Gasteiger partial charge in [0.2, 0.25) is 5.91 Å². The van der Waals surface area contributed by atoms with Crippen LogP contribution >= 0.6 is 56.9 Å². The van der Waals surface area contributed by atoms with E-state index in [2.05, 4.69) is 56.6 Å². The normalized spacial score (nSPS) is 14.2. The third-order valence-electron chi connectivity index (χ3n) is 5.80. The Hall–Kier alpha value is -3.30. The minimum absolute atomic E-state index is 0.0173. The monoisotopic (exact) mass is 819 g/mol. The molecule has 3 amide bonds. The highest BCUT2D eigenvalue weighted by Crippen LogP contribution is 2.37. The van der Waals surface area contributed by atoms with Gasteiger partial charge in [-0.15, -0.1) is 0 Å². The first-order chi connectivity index (χ1) is 19.9. The van der Waals surface area contributed by atoms with E-state index < -0.39 is 35.3 Å². The predicted molar refractivity (Wildman–Crippen MR) is 167 cm³/mol. The lowest BCUT2D eigenvalue weighted by Gasteiger charge is -2.16. The average molecular weight is 819 g/mol. The molecule has 0 bridgehead atoms. The molecule has 1 N–H and O–H groups in total. The number of benzene rings is 3. The van der Waals surface area contributed by atoms with Crippen LogP contribution < -0.4 is 14.8 Å². The third kappa shape index (κ3) is 7.36. The van der Waals surface area contributed by atoms with Gasteiger partial charge in [-0.05, 0) is 105 Å². The zero-order valence-corrected chi connectivity index (χ0v) is 26.6. The molecule has 0 unspecified atom stereocenters. The Morgan fingerprint density at radius 1 is 1.12 bits per heavy atom. The summed E-state index contributed by atoms with van der Waals surface area (Å²) in [5.74, 6) is -1.01. The maximum Gasteiger partial charge on any atom is 0.416 e. The van der Waals surface area contributed by atoms with Crippen molar-refractivity contribution in [3.8, 4) is 17.6 Å². The highest BCUT2D eigenvalue weighted by Gasteiger charge is 2.37. The van der Waals surface area contributed by atoms with E-state index >= 15 is 0 Å². The summed E-state index contributed by atoms with van der Waals surface area (Å²) in [6.07, 6.45) is -3.14. The van der Waals surface area contributed by atoms with Gasteiger partial charge in [-0.25, -0.2) is 0 Å². The van der Waals surface area contributed by atoms with Crippen LogP contribution in [0.25, 0.3) is 6.08 Å². The zero-order chi connectivity index (χ0) is 30.6. The lowest BCUT2D eigenvalue weighted by Crippen LogP contribution is -2.36. The van der Waals surface area contributed by atoms with E-state index in [0.717, 1.165) is 24.8 Å². The Kier molecular flexibility index (Phi) is 10.0. The predicted octanol–water partition coefficient (Wildman–Crippen LogP) is 7.05. The molecule has 1 fully saturated rings. The number of hydrogen-bond donors (Lipinski definition) is 1. The first-order valence-corrected chi connectivity index (χ1v) is 14.8. The van der Waals surface area contributed by atoms with E-state index in [1.807, 2.05) is 6.07 Å². The molecule has 14 heteroatoms. The molecule has 216 valence electrons. The van der Waals surface area contributed by atoms with Crippen molar-refractivity contribution in [2.24, 2.45) is 0 Å². The first kappa shape index (κ1) is 31.6. The topological polar surface area (TPSA) is 109 Å². The molecule has 0 aromatic heterocycles. The van der Waals surface area contributed by atoms with Gasteiger partial charge in [-0.1, -0.05) is 18.2 Å². The van der Waals surface area contributed by atoms with E-state index in [4.69, 9.17) is 9.47 Å². The Morgan fingerprint density at radius 2 is 1.81 bits per heavy atom. The number of nitriles is 1. The van der Waals surface area contributed by atoms with Gasteiger partial charge in [0.15, 0.2) is 0 Å². The maximum absolute atomic E-state index is 13.1. The number of ether oxygens (including phenoxy) is 2. The van der Waals surface area contributed by atoms with Crippen molar-refractivity contribution >= 4 is 85.8 Å². The van der Waals surface area contributed by atoms with Gasteiger partial charge in [0.1, 0.15) is 24.7 Å². The second-order valence-corrected chi connectivity index (χ2v) is 11.9. The van der Waals surface area contributed by atoms with Crippen LogP contribution in [0.1, 0.15) is 22.3 Å². The molecule has 1 aliphatic rings. The van der Waals surface area contributed by atoms with Crippen LogP contribution in [0.4, 0.5) is 23.7 Å². The number of nitrogens with zero attached hydrogens (tertiary/aromatic N) is 2. The smallest absolute Gasteiger partial charge is 0.416 e. The second kappa shape index (κ2) is 13.3. The summed E-state index contributed by atoms with van der Waals surface area (Å²) in [6.45, 7) is -0.518. The molecule has 42 heavy (non-hydrogen) atoms. The minimum atomic E-state index is -4.65. The second-order valence-electron chi connectivity index (χ2n) is 8.60.